The molecule has 0 aliphatic rings. The molecule has 0 radical (unpaired) electrons. The smallest absolute Gasteiger partial charge is 0.249 e. The first-order valence-corrected chi connectivity index (χ1v) is 8.27. The molecule has 0 heterocycles. The number of halogens is 1. The normalized spacial score (nSPS) is 12.3. The van der Waals surface area contributed by atoms with Gasteiger partial charge >= 0.3 is 0 Å². The van der Waals surface area contributed by atoms with E-state index < -0.39 is 5.91 Å². The van der Waals surface area contributed by atoms with E-state index in [2.05, 4.69) is 6.92 Å². The summed E-state index contributed by atoms with van der Waals surface area (Å²) >= 11 is 0. The summed E-state index contributed by atoms with van der Waals surface area (Å²) in [5.74, 6) is -0.789. The van der Waals surface area contributed by atoms with Crippen molar-refractivity contribution in [2.75, 3.05) is 0 Å². The fourth-order valence-corrected chi connectivity index (χ4v) is 2.68. The second-order valence-corrected chi connectivity index (χ2v) is 5.92. The number of aryl methyl sites for hydroxylation is 1. The monoisotopic (exact) mass is 338 g/mol. The second-order valence-electron chi connectivity index (χ2n) is 5.92. The first kappa shape index (κ1) is 18.5. The van der Waals surface area contributed by atoms with Crippen LogP contribution in [0.3, 0.4) is 0 Å². The molecule has 0 unspecified atom stereocenters. The SMILES string of the molecule is CCC/C=C(\C=C(/N)c1ccc(F)cc1)c1c(C)cccc1C(N)=O. The Labute approximate surface area is 147 Å². The van der Waals surface area contributed by atoms with Gasteiger partial charge in [0.15, 0.2) is 0 Å². The number of carbonyl (C=O) groups is 1. The molecule has 4 N–H and O–H groups in total. The number of carbonyl (C=O) groups excluding carboxylic acids is 1. The van der Waals surface area contributed by atoms with Crippen molar-refractivity contribution in [3.8, 4) is 0 Å². The van der Waals surface area contributed by atoms with Crippen LogP contribution in [0.15, 0.2) is 54.6 Å². The first-order chi connectivity index (χ1) is 11.9. The van der Waals surface area contributed by atoms with E-state index in [1.165, 1.54) is 12.1 Å². The van der Waals surface area contributed by atoms with E-state index in [1.807, 2.05) is 31.2 Å². The molecular weight excluding hydrogens is 315 g/mol. The van der Waals surface area contributed by atoms with E-state index in [-0.39, 0.29) is 5.82 Å². The van der Waals surface area contributed by atoms with Gasteiger partial charge < -0.3 is 11.5 Å². The molecule has 2 aromatic carbocycles. The van der Waals surface area contributed by atoms with Gasteiger partial charge in [0, 0.05) is 11.3 Å². The summed E-state index contributed by atoms with van der Waals surface area (Å²) in [6.07, 6.45) is 5.67. The molecule has 1 amide bonds. The Morgan fingerprint density at radius 3 is 2.40 bits per heavy atom. The molecule has 2 aromatic rings. The first-order valence-electron chi connectivity index (χ1n) is 8.27. The average molecular weight is 338 g/mol. The van der Waals surface area contributed by atoms with Gasteiger partial charge in [0.1, 0.15) is 5.82 Å². The van der Waals surface area contributed by atoms with Crippen LogP contribution in [0.5, 0.6) is 0 Å². The van der Waals surface area contributed by atoms with Gasteiger partial charge in [-0.1, -0.05) is 43.7 Å². The van der Waals surface area contributed by atoms with Crippen LogP contribution in [-0.2, 0) is 0 Å². The van der Waals surface area contributed by atoms with Crippen LogP contribution in [0.25, 0.3) is 11.3 Å². The van der Waals surface area contributed by atoms with Gasteiger partial charge in [0.05, 0.1) is 0 Å². The van der Waals surface area contributed by atoms with E-state index in [4.69, 9.17) is 11.5 Å². The van der Waals surface area contributed by atoms with Crippen molar-refractivity contribution in [2.45, 2.75) is 26.7 Å². The Bertz CT molecular complexity index is 820. The summed E-state index contributed by atoms with van der Waals surface area (Å²) in [7, 11) is 0. The lowest BCUT2D eigenvalue weighted by molar-refractivity contribution is 0.1000. The third-order valence-corrected chi connectivity index (χ3v) is 3.97. The average Bonchev–Trinajstić information content (AvgIpc) is 2.59. The third kappa shape index (κ3) is 4.57. The Hall–Kier alpha value is -2.88. The van der Waals surface area contributed by atoms with Gasteiger partial charge in [0.25, 0.3) is 0 Å². The Morgan fingerprint density at radius 1 is 1.12 bits per heavy atom. The molecule has 130 valence electrons. The Balaban J connectivity index is 2.57. The number of primary amides is 1. The maximum Gasteiger partial charge on any atom is 0.249 e. The second kappa shape index (κ2) is 8.29. The largest absolute Gasteiger partial charge is 0.398 e. The molecule has 0 spiro atoms. The lowest BCUT2D eigenvalue weighted by Gasteiger charge is -2.13. The van der Waals surface area contributed by atoms with Gasteiger partial charge in [0.2, 0.25) is 5.91 Å². The predicted octanol–water partition coefficient (Wildman–Crippen LogP) is 4.42. The lowest BCUT2D eigenvalue weighted by Crippen LogP contribution is -2.14. The summed E-state index contributed by atoms with van der Waals surface area (Å²) in [5.41, 5.74) is 16.0. The summed E-state index contributed by atoms with van der Waals surface area (Å²) < 4.78 is 13.1. The van der Waals surface area contributed by atoms with Crippen molar-refractivity contribution < 1.29 is 9.18 Å². The summed E-state index contributed by atoms with van der Waals surface area (Å²) in [4.78, 5) is 11.8. The minimum absolute atomic E-state index is 0.312. The molecule has 25 heavy (non-hydrogen) atoms. The number of hydrogen-bond acceptors (Lipinski definition) is 2. The summed E-state index contributed by atoms with van der Waals surface area (Å²) in [6.45, 7) is 4.01. The molecule has 2 rings (SSSR count). The standard InChI is InChI=1S/C21H23FN2O/c1-3-4-7-16(13-19(23)15-9-11-17(22)12-10-15)20-14(2)6-5-8-18(20)21(24)25/h5-13H,3-4,23H2,1-2H3,(H2,24,25)/b16-7+,19-13-. The minimum atomic E-state index is -0.477. The fourth-order valence-electron chi connectivity index (χ4n) is 2.68. The van der Waals surface area contributed by atoms with E-state index in [1.54, 1.807) is 18.2 Å². The number of amides is 1. The van der Waals surface area contributed by atoms with Gasteiger partial charge in [-0.2, -0.15) is 0 Å². The topological polar surface area (TPSA) is 69.1 Å². The molecule has 0 aliphatic carbocycles. The van der Waals surface area contributed by atoms with Crippen LogP contribution in [0.2, 0.25) is 0 Å². The highest BCUT2D eigenvalue weighted by Crippen LogP contribution is 2.27. The minimum Gasteiger partial charge on any atom is -0.398 e. The van der Waals surface area contributed by atoms with Gasteiger partial charge in [-0.25, -0.2) is 4.39 Å². The van der Waals surface area contributed by atoms with Crippen molar-refractivity contribution >= 4 is 17.2 Å². The quantitative estimate of drug-likeness (QED) is 0.766. The van der Waals surface area contributed by atoms with Crippen molar-refractivity contribution in [2.24, 2.45) is 11.5 Å². The van der Waals surface area contributed by atoms with Gasteiger partial charge in [-0.3, -0.25) is 4.79 Å². The van der Waals surface area contributed by atoms with Crippen molar-refractivity contribution in [1.29, 1.82) is 0 Å². The summed E-state index contributed by atoms with van der Waals surface area (Å²) in [6, 6.07) is 11.5. The molecule has 4 heteroatoms. The maximum atomic E-state index is 13.1. The number of unbranched alkanes of at least 4 members (excludes halogenated alkanes) is 1. The van der Waals surface area contributed by atoms with E-state index in [0.29, 0.717) is 11.3 Å². The zero-order chi connectivity index (χ0) is 18.4. The number of benzene rings is 2. The van der Waals surface area contributed by atoms with E-state index >= 15 is 0 Å². The molecule has 0 fully saturated rings. The number of nitrogens with two attached hydrogens (primary N) is 2. The third-order valence-electron chi connectivity index (χ3n) is 3.97. The van der Waals surface area contributed by atoms with Crippen LogP contribution in [0.1, 0.15) is 46.8 Å². The highest BCUT2D eigenvalue weighted by molar-refractivity contribution is 6.00. The van der Waals surface area contributed by atoms with Crippen molar-refractivity contribution in [1.82, 2.24) is 0 Å². The van der Waals surface area contributed by atoms with Crippen LogP contribution in [0, 0.1) is 12.7 Å². The van der Waals surface area contributed by atoms with Crippen LogP contribution in [-0.4, -0.2) is 5.91 Å². The molecule has 0 aromatic heterocycles. The molecule has 0 bridgehead atoms. The molecule has 0 aliphatic heterocycles. The van der Waals surface area contributed by atoms with Crippen LogP contribution < -0.4 is 11.5 Å². The number of rotatable bonds is 6. The maximum absolute atomic E-state index is 13.1. The molecule has 0 saturated heterocycles. The fraction of sp³-hybridized carbons (Fsp3) is 0.190. The molecule has 0 atom stereocenters. The highest BCUT2D eigenvalue weighted by atomic mass is 19.1. The van der Waals surface area contributed by atoms with E-state index in [9.17, 15) is 9.18 Å². The van der Waals surface area contributed by atoms with Crippen LogP contribution in [0.4, 0.5) is 4.39 Å². The zero-order valence-electron chi connectivity index (χ0n) is 14.6. The van der Waals surface area contributed by atoms with Crippen molar-refractivity contribution in [3.63, 3.8) is 0 Å². The highest BCUT2D eigenvalue weighted by Gasteiger charge is 2.14. The lowest BCUT2D eigenvalue weighted by atomic mass is 9.92. The van der Waals surface area contributed by atoms with Crippen molar-refractivity contribution in [3.05, 3.63) is 82.7 Å². The van der Waals surface area contributed by atoms with E-state index in [0.717, 1.165) is 35.1 Å². The predicted molar refractivity (Wildman–Crippen MR) is 101 cm³/mol. The Morgan fingerprint density at radius 2 is 1.80 bits per heavy atom. The number of hydrogen-bond donors (Lipinski definition) is 2. The Kier molecular flexibility index (Phi) is 6.12. The van der Waals surface area contributed by atoms with Gasteiger partial charge in [-0.05, 0) is 59.9 Å². The molecular formula is C21H23FN2O. The summed E-state index contributed by atoms with van der Waals surface area (Å²) in [5, 5.41) is 0. The van der Waals surface area contributed by atoms with Crippen LogP contribution >= 0.6 is 0 Å². The number of allylic oxidation sites excluding steroid dienone is 3. The van der Waals surface area contributed by atoms with Gasteiger partial charge in [-0.15, -0.1) is 0 Å². The zero-order valence-corrected chi connectivity index (χ0v) is 14.6. The molecule has 3 nitrogen and oxygen atoms in total. The molecule has 0 saturated carbocycles.